The standard InChI is InChI=1S/C12H9N3O6/c1-14-5-4-13-10(11(14)16)21-7-2-3-9(15(19)20)8(6-7)12(17)18/h2-6H,1H3,(H,17,18). The lowest BCUT2D eigenvalue weighted by atomic mass is 10.1. The molecule has 2 aromatic rings. The minimum absolute atomic E-state index is 0.0335. The number of carbonyl (C=O) groups is 1. The zero-order chi connectivity index (χ0) is 15.6. The smallest absolute Gasteiger partial charge is 0.342 e. The molecule has 0 aliphatic heterocycles. The van der Waals surface area contributed by atoms with Crippen LogP contribution in [0.3, 0.4) is 0 Å². The third kappa shape index (κ3) is 2.86. The van der Waals surface area contributed by atoms with E-state index in [1.54, 1.807) is 0 Å². The number of ether oxygens (including phenoxy) is 1. The Hall–Kier alpha value is -3.23. The zero-order valence-corrected chi connectivity index (χ0v) is 10.7. The predicted molar refractivity (Wildman–Crippen MR) is 69.6 cm³/mol. The van der Waals surface area contributed by atoms with E-state index >= 15 is 0 Å². The number of nitrogens with zero attached hydrogens (tertiary/aromatic N) is 3. The van der Waals surface area contributed by atoms with E-state index in [2.05, 4.69) is 4.98 Å². The van der Waals surface area contributed by atoms with Crippen LogP contribution in [0.1, 0.15) is 10.4 Å². The van der Waals surface area contributed by atoms with Gasteiger partial charge in [-0.25, -0.2) is 9.78 Å². The lowest BCUT2D eigenvalue weighted by Gasteiger charge is -2.06. The third-order valence-electron chi connectivity index (χ3n) is 2.60. The van der Waals surface area contributed by atoms with Crippen molar-refractivity contribution in [2.24, 2.45) is 7.05 Å². The number of hydrogen-bond acceptors (Lipinski definition) is 6. The summed E-state index contributed by atoms with van der Waals surface area (Å²) in [6.45, 7) is 0. The molecule has 1 N–H and O–H groups in total. The van der Waals surface area contributed by atoms with E-state index in [-0.39, 0.29) is 11.6 Å². The van der Waals surface area contributed by atoms with Crippen molar-refractivity contribution in [3.63, 3.8) is 0 Å². The molecule has 0 spiro atoms. The van der Waals surface area contributed by atoms with Crippen molar-refractivity contribution in [3.8, 4) is 11.6 Å². The Morgan fingerprint density at radius 2 is 2.19 bits per heavy atom. The van der Waals surface area contributed by atoms with Crippen LogP contribution in [0.5, 0.6) is 11.6 Å². The van der Waals surface area contributed by atoms with E-state index < -0.39 is 27.7 Å². The summed E-state index contributed by atoms with van der Waals surface area (Å²) >= 11 is 0. The first-order valence-corrected chi connectivity index (χ1v) is 5.61. The Labute approximate surface area is 117 Å². The number of carboxylic acid groups (broad SMARTS) is 1. The lowest BCUT2D eigenvalue weighted by Crippen LogP contribution is -2.18. The van der Waals surface area contributed by atoms with Gasteiger partial charge in [0.1, 0.15) is 11.3 Å². The van der Waals surface area contributed by atoms with Gasteiger partial charge in [-0.15, -0.1) is 0 Å². The molecule has 0 atom stereocenters. The van der Waals surface area contributed by atoms with Crippen molar-refractivity contribution in [2.45, 2.75) is 0 Å². The summed E-state index contributed by atoms with van der Waals surface area (Å²) in [6.07, 6.45) is 2.76. The van der Waals surface area contributed by atoms with E-state index in [0.717, 1.165) is 12.1 Å². The van der Waals surface area contributed by atoms with E-state index in [9.17, 15) is 19.7 Å². The summed E-state index contributed by atoms with van der Waals surface area (Å²) in [4.78, 5) is 36.4. The van der Waals surface area contributed by atoms with Gasteiger partial charge >= 0.3 is 11.5 Å². The highest BCUT2D eigenvalue weighted by Crippen LogP contribution is 2.25. The van der Waals surface area contributed by atoms with Crippen molar-refractivity contribution >= 4 is 11.7 Å². The van der Waals surface area contributed by atoms with Gasteiger partial charge < -0.3 is 14.4 Å². The molecule has 0 radical (unpaired) electrons. The van der Waals surface area contributed by atoms with Gasteiger partial charge in [0.2, 0.25) is 0 Å². The summed E-state index contributed by atoms with van der Waals surface area (Å²) in [5, 5.41) is 19.7. The van der Waals surface area contributed by atoms with E-state index in [0.29, 0.717) is 0 Å². The first-order valence-electron chi connectivity index (χ1n) is 5.61. The topological polar surface area (TPSA) is 125 Å². The molecule has 1 heterocycles. The van der Waals surface area contributed by atoms with E-state index in [1.165, 1.54) is 30.1 Å². The van der Waals surface area contributed by atoms with Crippen LogP contribution in [0.4, 0.5) is 5.69 Å². The first kappa shape index (κ1) is 14.2. The Kier molecular flexibility index (Phi) is 3.65. The first-order chi connectivity index (χ1) is 9.90. The predicted octanol–water partition coefficient (Wildman–Crippen LogP) is 1.18. The number of rotatable bonds is 4. The Morgan fingerprint density at radius 1 is 1.48 bits per heavy atom. The average molecular weight is 291 g/mol. The second-order valence-electron chi connectivity index (χ2n) is 3.99. The van der Waals surface area contributed by atoms with Crippen molar-refractivity contribution in [1.82, 2.24) is 9.55 Å². The van der Waals surface area contributed by atoms with Crippen molar-refractivity contribution in [1.29, 1.82) is 0 Å². The normalized spacial score (nSPS) is 10.1. The molecule has 0 unspecified atom stereocenters. The maximum Gasteiger partial charge on any atom is 0.342 e. The molecule has 0 bridgehead atoms. The monoisotopic (exact) mass is 291 g/mol. The van der Waals surface area contributed by atoms with Crippen LogP contribution in [-0.2, 0) is 7.05 Å². The molecule has 0 saturated carbocycles. The van der Waals surface area contributed by atoms with Gasteiger partial charge in [0.25, 0.3) is 11.6 Å². The van der Waals surface area contributed by atoms with Gasteiger partial charge in [0, 0.05) is 31.6 Å². The van der Waals surface area contributed by atoms with Crippen molar-refractivity contribution in [3.05, 3.63) is 56.6 Å². The van der Waals surface area contributed by atoms with Crippen LogP contribution in [0.25, 0.3) is 0 Å². The number of aryl methyl sites for hydroxylation is 1. The fraction of sp³-hybridized carbons (Fsp3) is 0.0833. The molecule has 9 nitrogen and oxygen atoms in total. The second kappa shape index (κ2) is 5.41. The van der Waals surface area contributed by atoms with Gasteiger partial charge in [-0.2, -0.15) is 0 Å². The molecule has 0 amide bonds. The molecule has 1 aromatic carbocycles. The molecule has 0 aliphatic carbocycles. The van der Waals surface area contributed by atoms with Crippen LogP contribution in [-0.4, -0.2) is 25.6 Å². The minimum atomic E-state index is -1.47. The molecule has 1 aromatic heterocycles. The SMILES string of the molecule is Cn1ccnc(Oc2ccc([N+](=O)[O-])c(C(=O)O)c2)c1=O. The van der Waals surface area contributed by atoms with Crippen molar-refractivity contribution < 1.29 is 19.6 Å². The Bertz CT molecular complexity index is 783. The molecular formula is C12H9N3O6. The largest absolute Gasteiger partial charge is 0.477 e. The molecular weight excluding hydrogens is 282 g/mol. The van der Waals surface area contributed by atoms with Gasteiger partial charge in [0.05, 0.1) is 4.92 Å². The quantitative estimate of drug-likeness (QED) is 0.662. The van der Waals surface area contributed by atoms with Crippen molar-refractivity contribution in [2.75, 3.05) is 0 Å². The number of aromatic nitrogens is 2. The molecule has 2 rings (SSSR count). The summed E-state index contributed by atoms with van der Waals surface area (Å²) in [6, 6.07) is 3.15. The number of aromatic carboxylic acids is 1. The highest BCUT2D eigenvalue weighted by Gasteiger charge is 2.21. The number of nitro benzene ring substituents is 1. The number of benzene rings is 1. The molecule has 0 fully saturated rings. The van der Waals surface area contributed by atoms with Gasteiger partial charge in [0.15, 0.2) is 0 Å². The average Bonchev–Trinajstić information content (AvgIpc) is 2.43. The van der Waals surface area contributed by atoms with Crippen LogP contribution in [0.2, 0.25) is 0 Å². The van der Waals surface area contributed by atoms with Gasteiger partial charge in [-0.3, -0.25) is 14.9 Å². The van der Waals surface area contributed by atoms with E-state index in [1.807, 2.05) is 0 Å². The third-order valence-corrected chi connectivity index (χ3v) is 2.60. The highest BCUT2D eigenvalue weighted by atomic mass is 16.6. The fourth-order valence-corrected chi connectivity index (χ4v) is 1.57. The van der Waals surface area contributed by atoms with Gasteiger partial charge in [-0.05, 0) is 6.07 Å². The molecule has 9 heteroatoms. The molecule has 0 saturated heterocycles. The van der Waals surface area contributed by atoms with Crippen LogP contribution in [0, 0.1) is 10.1 Å². The molecule has 0 aliphatic rings. The minimum Gasteiger partial charge on any atom is -0.477 e. The van der Waals surface area contributed by atoms with Crippen LogP contribution in [0.15, 0.2) is 35.4 Å². The maximum atomic E-state index is 11.7. The molecule has 21 heavy (non-hydrogen) atoms. The summed E-state index contributed by atoms with van der Waals surface area (Å²) in [5.41, 5.74) is -1.62. The summed E-state index contributed by atoms with van der Waals surface area (Å²) in [5.74, 6) is -1.76. The maximum absolute atomic E-state index is 11.7. The summed E-state index contributed by atoms with van der Waals surface area (Å²) < 4.78 is 6.41. The van der Waals surface area contributed by atoms with Crippen LogP contribution >= 0.6 is 0 Å². The van der Waals surface area contributed by atoms with Crippen LogP contribution < -0.4 is 10.3 Å². The Morgan fingerprint density at radius 3 is 2.81 bits per heavy atom. The van der Waals surface area contributed by atoms with E-state index in [4.69, 9.17) is 9.84 Å². The Balaban J connectivity index is 2.44. The zero-order valence-electron chi connectivity index (χ0n) is 10.7. The number of carboxylic acids is 1. The molecule has 108 valence electrons. The summed E-state index contributed by atoms with van der Waals surface area (Å²) in [7, 11) is 1.50. The lowest BCUT2D eigenvalue weighted by molar-refractivity contribution is -0.385. The number of nitro groups is 1. The highest BCUT2D eigenvalue weighted by molar-refractivity contribution is 5.92. The van der Waals surface area contributed by atoms with Gasteiger partial charge in [-0.1, -0.05) is 0 Å². The number of hydrogen-bond donors (Lipinski definition) is 1. The fourth-order valence-electron chi connectivity index (χ4n) is 1.57. The second-order valence-corrected chi connectivity index (χ2v) is 3.99.